The van der Waals surface area contributed by atoms with Crippen molar-refractivity contribution in [1.82, 2.24) is 10.6 Å². The Hall–Kier alpha value is -2.28. The van der Waals surface area contributed by atoms with E-state index in [1.165, 1.54) is 7.05 Å². The molecule has 7 nitrogen and oxygen atoms in total. The summed E-state index contributed by atoms with van der Waals surface area (Å²) in [5.74, 6) is 1.09. The summed E-state index contributed by atoms with van der Waals surface area (Å²) in [5, 5.41) is 4.64. The fourth-order valence-electron chi connectivity index (χ4n) is 1.96. The maximum atomic E-state index is 12.0. The van der Waals surface area contributed by atoms with Crippen LogP contribution >= 0.6 is 0 Å². The summed E-state index contributed by atoms with van der Waals surface area (Å²) in [6.07, 6.45) is 0. The van der Waals surface area contributed by atoms with Crippen LogP contribution in [0.3, 0.4) is 0 Å². The lowest BCUT2D eigenvalue weighted by Crippen LogP contribution is -3.12. The van der Waals surface area contributed by atoms with Gasteiger partial charge in [0.15, 0.2) is 6.04 Å². The number of amides is 3. The Kier molecular flexibility index (Phi) is 6.65. The number of hydrogen-bond donors (Lipinski definition) is 3. The van der Waals surface area contributed by atoms with E-state index in [0.717, 1.165) is 10.5 Å². The van der Waals surface area contributed by atoms with Crippen LogP contribution in [-0.2, 0) is 11.3 Å². The lowest BCUT2D eigenvalue weighted by Gasteiger charge is -2.21. The van der Waals surface area contributed by atoms with Crippen LogP contribution in [0.1, 0.15) is 12.5 Å². The number of urea groups is 1. The number of rotatable bonds is 6. The number of quaternary nitrogens is 1. The lowest BCUT2D eigenvalue weighted by molar-refractivity contribution is -0.908. The zero-order chi connectivity index (χ0) is 16.7. The van der Waals surface area contributed by atoms with Crippen molar-refractivity contribution >= 4 is 11.9 Å². The van der Waals surface area contributed by atoms with Gasteiger partial charge < -0.3 is 19.7 Å². The minimum Gasteiger partial charge on any atom is -0.497 e. The Labute approximate surface area is 130 Å². The summed E-state index contributed by atoms with van der Waals surface area (Å²) in [5.41, 5.74) is 0.959. The first-order valence-corrected chi connectivity index (χ1v) is 6.98. The van der Waals surface area contributed by atoms with Crippen molar-refractivity contribution in [3.63, 3.8) is 0 Å². The summed E-state index contributed by atoms with van der Waals surface area (Å²) in [4.78, 5) is 24.1. The van der Waals surface area contributed by atoms with Crippen LogP contribution in [0.25, 0.3) is 0 Å². The summed E-state index contributed by atoms with van der Waals surface area (Å²) < 4.78 is 10.5. The van der Waals surface area contributed by atoms with Crippen molar-refractivity contribution in [2.75, 3.05) is 28.3 Å². The van der Waals surface area contributed by atoms with Crippen molar-refractivity contribution in [3.8, 4) is 11.5 Å². The minimum atomic E-state index is -0.508. The van der Waals surface area contributed by atoms with E-state index in [9.17, 15) is 9.59 Å². The topological polar surface area (TPSA) is 81.1 Å². The molecule has 122 valence electrons. The lowest BCUT2D eigenvalue weighted by atomic mass is 10.1. The molecule has 1 rings (SSSR count). The minimum absolute atomic E-state index is 0.329. The molecule has 3 amide bonds. The van der Waals surface area contributed by atoms with Gasteiger partial charge in [-0.15, -0.1) is 0 Å². The van der Waals surface area contributed by atoms with Gasteiger partial charge in [0, 0.05) is 18.7 Å². The highest BCUT2D eigenvalue weighted by Crippen LogP contribution is 2.23. The fraction of sp³-hybridized carbons (Fsp3) is 0.467. The molecular weight excluding hydrogens is 286 g/mol. The smallest absolute Gasteiger partial charge is 0.321 e. The summed E-state index contributed by atoms with van der Waals surface area (Å²) in [7, 11) is 6.54. The zero-order valence-corrected chi connectivity index (χ0v) is 13.6. The van der Waals surface area contributed by atoms with E-state index in [4.69, 9.17) is 9.47 Å². The molecule has 22 heavy (non-hydrogen) atoms. The predicted molar refractivity (Wildman–Crippen MR) is 82.2 cm³/mol. The van der Waals surface area contributed by atoms with E-state index < -0.39 is 6.03 Å². The molecule has 0 heterocycles. The molecule has 0 aromatic heterocycles. The molecule has 1 aromatic carbocycles. The van der Waals surface area contributed by atoms with Crippen LogP contribution in [0.5, 0.6) is 11.5 Å². The molecule has 0 spiro atoms. The highest BCUT2D eigenvalue weighted by atomic mass is 16.5. The second kappa shape index (κ2) is 8.23. The third kappa shape index (κ3) is 4.63. The number of carbonyl (C=O) groups is 2. The average molecular weight is 310 g/mol. The average Bonchev–Trinajstić information content (AvgIpc) is 2.53. The Morgan fingerprint density at radius 3 is 2.50 bits per heavy atom. The van der Waals surface area contributed by atoms with Gasteiger partial charge in [0.25, 0.3) is 5.91 Å². The molecule has 7 heteroatoms. The van der Waals surface area contributed by atoms with Gasteiger partial charge in [0.1, 0.15) is 18.0 Å². The fourth-order valence-corrected chi connectivity index (χ4v) is 1.96. The number of likely N-dealkylation sites (N-methyl/N-ethyl adjacent to an activating group) is 1. The van der Waals surface area contributed by atoms with Gasteiger partial charge in [-0.1, -0.05) is 0 Å². The number of imide groups is 1. The molecule has 2 atom stereocenters. The summed E-state index contributed by atoms with van der Waals surface area (Å²) in [6.45, 7) is 2.35. The van der Waals surface area contributed by atoms with Crippen molar-refractivity contribution in [2.45, 2.75) is 19.5 Å². The van der Waals surface area contributed by atoms with Gasteiger partial charge in [-0.25, -0.2) is 4.79 Å². The van der Waals surface area contributed by atoms with E-state index >= 15 is 0 Å². The SMILES string of the molecule is CNC(=O)NC(=O)[C@@H](C)[NH+](C)Cc1ccc(OC)cc1OC. The molecule has 0 saturated heterocycles. The molecule has 0 radical (unpaired) electrons. The third-order valence-corrected chi connectivity index (χ3v) is 3.56. The van der Waals surface area contributed by atoms with Crippen molar-refractivity contribution in [3.05, 3.63) is 23.8 Å². The monoisotopic (exact) mass is 310 g/mol. The summed E-state index contributed by atoms with van der Waals surface area (Å²) >= 11 is 0. The van der Waals surface area contributed by atoms with Gasteiger partial charge in [0.05, 0.1) is 21.3 Å². The Bertz CT molecular complexity index is 534. The van der Waals surface area contributed by atoms with E-state index in [1.54, 1.807) is 27.2 Å². The van der Waals surface area contributed by atoms with E-state index in [0.29, 0.717) is 18.0 Å². The third-order valence-electron chi connectivity index (χ3n) is 3.56. The van der Waals surface area contributed by atoms with Gasteiger partial charge in [-0.2, -0.15) is 0 Å². The van der Waals surface area contributed by atoms with Crippen LogP contribution in [0.15, 0.2) is 18.2 Å². The van der Waals surface area contributed by atoms with Gasteiger partial charge >= 0.3 is 6.03 Å². The van der Waals surface area contributed by atoms with Gasteiger partial charge in [-0.05, 0) is 19.1 Å². The Morgan fingerprint density at radius 2 is 1.95 bits per heavy atom. The standard InChI is InChI=1S/C15H23N3O4/c1-10(14(19)17-15(20)16-2)18(3)9-11-6-7-12(21-4)8-13(11)22-5/h6-8,10H,9H2,1-5H3,(H2,16,17,19,20)/p+1/t10-/m1/s1. The molecule has 0 aliphatic heterocycles. The number of benzene rings is 1. The number of nitrogens with one attached hydrogen (secondary N) is 3. The van der Waals surface area contributed by atoms with E-state index in [2.05, 4.69) is 10.6 Å². The second-order valence-electron chi connectivity index (χ2n) is 4.99. The predicted octanol–water partition coefficient (Wildman–Crippen LogP) is -0.437. The number of methoxy groups -OCH3 is 2. The molecular formula is C15H24N3O4+. The molecule has 0 aliphatic carbocycles. The van der Waals surface area contributed by atoms with E-state index in [-0.39, 0.29) is 11.9 Å². The first-order chi connectivity index (χ1) is 10.4. The number of ether oxygens (including phenoxy) is 2. The van der Waals surface area contributed by atoms with Gasteiger partial charge in [-0.3, -0.25) is 10.1 Å². The van der Waals surface area contributed by atoms with Crippen molar-refractivity contribution in [1.29, 1.82) is 0 Å². The molecule has 0 bridgehead atoms. The normalized spacial score (nSPS) is 13.0. The largest absolute Gasteiger partial charge is 0.497 e. The maximum Gasteiger partial charge on any atom is 0.321 e. The molecule has 1 unspecified atom stereocenters. The number of hydrogen-bond acceptors (Lipinski definition) is 4. The first-order valence-electron chi connectivity index (χ1n) is 6.98. The van der Waals surface area contributed by atoms with Crippen LogP contribution in [0, 0.1) is 0 Å². The molecule has 1 aromatic rings. The molecule has 0 saturated carbocycles. The zero-order valence-electron chi connectivity index (χ0n) is 13.6. The molecule has 3 N–H and O–H groups in total. The van der Waals surface area contributed by atoms with Crippen LogP contribution in [0.4, 0.5) is 4.79 Å². The van der Waals surface area contributed by atoms with Crippen molar-refractivity contribution < 1.29 is 24.0 Å². The van der Waals surface area contributed by atoms with Crippen LogP contribution in [0.2, 0.25) is 0 Å². The molecule has 0 aliphatic rings. The summed E-state index contributed by atoms with van der Waals surface area (Å²) in [6, 6.07) is 4.67. The Morgan fingerprint density at radius 1 is 1.27 bits per heavy atom. The maximum absolute atomic E-state index is 12.0. The quantitative estimate of drug-likeness (QED) is 0.665. The highest BCUT2D eigenvalue weighted by Gasteiger charge is 2.24. The van der Waals surface area contributed by atoms with Crippen LogP contribution in [-0.4, -0.2) is 46.3 Å². The highest BCUT2D eigenvalue weighted by molar-refractivity contribution is 5.96. The number of carbonyl (C=O) groups excluding carboxylic acids is 2. The van der Waals surface area contributed by atoms with E-state index in [1.807, 2.05) is 19.2 Å². The molecule has 0 fully saturated rings. The van der Waals surface area contributed by atoms with Crippen molar-refractivity contribution in [2.24, 2.45) is 0 Å². The second-order valence-corrected chi connectivity index (χ2v) is 4.99. The Balaban J connectivity index is 2.77. The van der Waals surface area contributed by atoms with Crippen LogP contribution < -0.4 is 25.0 Å². The first kappa shape index (κ1) is 17.8. The van der Waals surface area contributed by atoms with Gasteiger partial charge in [0.2, 0.25) is 0 Å².